The Morgan fingerprint density at radius 2 is 1.50 bits per heavy atom. The summed E-state index contributed by atoms with van der Waals surface area (Å²) in [5.41, 5.74) is -2.49. The third-order valence-electron chi connectivity index (χ3n) is 9.19. The maximum atomic E-state index is 13.3. The fraction of sp³-hybridized carbons (Fsp3) is 0.955. The fourth-order valence-electron chi connectivity index (χ4n) is 7.81. The highest BCUT2D eigenvalue weighted by atomic mass is 19.4. The maximum absolute atomic E-state index is 13.3. The first kappa shape index (κ1) is 25.7. The molecule has 32 heavy (non-hydrogen) atoms. The Balaban J connectivity index is 0.000000913. The number of hydroxylamine groups is 1. The van der Waals surface area contributed by atoms with E-state index >= 15 is 0 Å². The molecule has 4 N–H and O–H groups in total. The molecule has 186 valence electrons. The summed E-state index contributed by atoms with van der Waals surface area (Å²) in [5.74, 6) is -0.221. The lowest BCUT2D eigenvalue weighted by Crippen LogP contribution is -2.55. The highest BCUT2D eigenvalue weighted by Crippen LogP contribution is 2.65. The van der Waals surface area contributed by atoms with Crippen LogP contribution in [0.1, 0.15) is 64.7 Å². The second-order valence-electron chi connectivity index (χ2n) is 10.5. The van der Waals surface area contributed by atoms with Gasteiger partial charge in [0.1, 0.15) is 5.71 Å². The van der Waals surface area contributed by atoms with Crippen molar-refractivity contribution in [3.05, 3.63) is 0 Å². The molecule has 10 heteroatoms. The first-order valence-corrected chi connectivity index (χ1v) is 11.4. The number of hydrogen-bond donors (Lipinski definition) is 4. The number of rotatable bonds is 1. The topological polar surface area (TPSA) is 76.3 Å². The normalized spacial score (nSPS) is 43.9. The summed E-state index contributed by atoms with van der Waals surface area (Å²) in [6.45, 7) is 1.90. The largest absolute Gasteiger partial charge is 0.429 e. The molecule has 4 aliphatic carbocycles. The van der Waals surface area contributed by atoms with Gasteiger partial charge in [0.2, 0.25) is 0 Å². The molecule has 4 nitrogen and oxygen atoms in total. The van der Waals surface area contributed by atoms with Gasteiger partial charge in [0, 0.05) is 13.0 Å². The molecule has 0 aromatic rings. The monoisotopic (exact) mass is 472 g/mol. The van der Waals surface area contributed by atoms with E-state index in [1.54, 1.807) is 5.48 Å². The molecule has 8 atom stereocenters. The summed E-state index contributed by atoms with van der Waals surface area (Å²) in [6.07, 6.45) is -5.66. The zero-order valence-corrected chi connectivity index (χ0v) is 18.5. The molecule has 0 aromatic heterocycles. The van der Waals surface area contributed by atoms with Crippen LogP contribution in [0.2, 0.25) is 0 Å². The SMILES string of the molecule is CC12CCC3C4CC[C@](O)(C(F)(F)F)CC4CCC3C1CCC2C(=N)C(F)(F)F.CNO. The third-order valence-corrected chi connectivity index (χ3v) is 9.19. The van der Waals surface area contributed by atoms with E-state index in [-0.39, 0.29) is 42.4 Å². The molecule has 4 aliphatic rings. The second-order valence-corrected chi connectivity index (χ2v) is 10.5. The Morgan fingerprint density at radius 3 is 2.06 bits per heavy atom. The van der Waals surface area contributed by atoms with Crippen molar-refractivity contribution < 1.29 is 36.7 Å². The minimum absolute atomic E-state index is 0.110. The summed E-state index contributed by atoms with van der Waals surface area (Å²) >= 11 is 0. The zero-order chi connectivity index (χ0) is 24.1. The van der Waals surface area contributed by atoms with Crippen molar-refractivity contribution in [3.63, 3.8) is 0 Å². The Morgan fingerprint density at radius 1 is 0.906 bits per heavy atom. The van der Waals surface area contributed by atoms with E-state index in [2.05, 4.69) is 0 Å². The fourth-order valence-corrected chi connectivity index (χ4v) is 7.81. The standard InChI is InChI=1S/C21H29F6NO.CH5NO/c1-18-8-6-13-12-7-9-19(29,21(25,26)27)10-11(12)2-3-14(13)15(18)4-5-16(18)17(28)20(22,23)24;1-2-3/h11-16,28-29H,2-10H2,1H3;2-3H,1H3/t11?,12?,13?,14?,15?,16?,18?,19-;/m1./s1. The van der Waals surface area contributed by atoms with Gasteiger partial charge < -0.3 is 15.7 Å². The van der Waals surface area contributed by atoms with E-state index in [0.717, 1.165) is 12.8 Å². The predicted octanol–water partition coefficient (Wildman–Crippen LogP) is 5.73. The minimum atomic E-state index is -4.61. The molecule has 0 spiro atoms. The van der Waals surface area contributed by atoms with Crippen LogP contribution in [0.4, 0.5) is 26.3 Å². The van der Waals surface area contributed by atoms with Crippen LogP contribution in [0, 0.1) is 46.3 Å². The van der Waals surface area contributed by atoms with Crippen molar-refractivity contribution in [2.45, 2.75) is 82.7 Å². The van der Waals surface area contributed by atoms with Crippen LogP contribution in [0.25, 0.3) is 0 Å². The summed E-state index contributed by atoms with van der Waals surface area (Å²) in [4.78, 5) is 0. The first-order valence-electron chi connectivity index (χ1n) is 11.4. The molecule has 4 saturated carbocycles. The summed E-state index contributed by atoms with van der Waals surface area (Å²) < 4.78 is 79.5. The second kappa shape index (κ2) is 8.73. The summed E-state index contributed by atoms with van der Waals surface area (Å²) in [6, 6.07) is 0. The Hall–Kier alpha value is -0.870. The molecule has 4 rings (SSSR count). The molecule has 0 bridgehead atoms. The smallest absolute Gasteiger partial charge is 0.380 e. The average Bonchev–Trinajstić information content (AvgIpc) is 3.03. The van der Waals surface area contributed by atoms with Gasteiger partial charge in [-0.15, -0.1) is 0 Å². The molecular weight excluding hydrogens is 438 g/mol. The van der Waals surface area contributed by atoms with Crippen molar-refractivity contribution >= 4 is 5.71 Å². The Kier molecular flexibility index (Phi) is 7.02. The maximum Gasteiger partial charge on any atom is 0.429 e. The molecule has 0 heterocycles. The molecule has 0 aromatic carbocycles. The van der Waals surface area contributed by atoms with Crippen molar-refractivity contribution in [2.75, 3.05) is 7.05 Å². The number of alkyl halides is 6. The van der Waals surface area contributed by atoms with Gasteiger partial charge in [-0.25, -0.2) is 5.48 Å². The average molecular weight is 473 g/mol. The van der Waals surface area contributed by atoms with Gasteiger partial charge in [0.15, 0.2) is 5.60 Å². The van der Waals surface area contributed by atoms with Crippen molar-refractivity contribution in [2.24, 2.45) is 40.9 Å². The van der Waals surface area contributed by atoms with E-state index in [1.807, 2.05) is 6.92 Å². The van der Waals surface area contributed by atoms with Crippen molar-refractivity contribution in [3.8, 4) is 0 Å². The van der Waals surface area contributed by atoms with Crippen LogP contribution in [0.3, 0.4) is 0 Å². The molecular formula is C22H34F6N2O2. The Labute approximate surface area is 184 Å². The number of fused-ring (bicyclic) bond motifs is 5. The lowest BCUT2D eigenvalue weighted by atomic mass is 9.48. The van der Waals surface area contributed by atoms with Crippen LogP contribution in [0.15, 0.2) is 0 Å². The molecule has 0 aliphatic heterocycles. The van der Waals surface area contributed by atoms with Gasteiger partial charge in [-0.1, -0.05) is 6.92 Å². The third kappa shape index (κ3) is 4.31. The quantitative estimate of drug-likeness (QED) is 0.224. The number of aliphatic hydroxyl groups is 1. The van der Waals surface area contributed by atoms with Gasteiger partial charge in [-0.2, -0.15) is 26.3 Å². The van der Waals surface area contributed by atoms with Crippen LogP contribution in [-0.2, 0) is 0 Å². The van der Waals surface area contributed by atoms with Crippen molar-refractivity contribution in [1.29, 1.82) is 5.41 Å². The van der Waals surface area contributed by atoms with E-state index in [0.29, 0.717) is 32.1 Å². The van der Waals surface area contributed by atoms with Gasteiger partial charge in [0.25, 0.3) is 0 Å². The van der Waals surface area contributed by atoms with E-state index in [1.165, 1.54) is 7.05 Å². The lowest BCUT2D eigenvalue weighted by Gasteiger charge is -2.57. The summed E-state index contributed by atoms with van der Waals surface area (Å²) in [5, 5.41) is 25.2. The number of halogens is 6. The zero-order valence-electron chi connectivity index (χ0n) is 18.5. The van der Waals surface area contributed by atoms with Crippen molar-refractivity contribution in [1.82, 2.24) is 5.48 Å². The van der Waals surface area contributed by atoms with Crippen LogP contribution >= 0.6 is 0 Å². The number of hydrogen-bond acceptors (Lipinski definition) is 4. The number of nitrogens with one attached hydrogen (secondary N) is 2. The summed E-state index contributed by atoms with van der Waals surface area (Å²) in [7, 11) is 1.43. The Bertz CT molecular complexity index is 699. The van der Waals surface area contributed by atoms with Gasteiger partial charge in [-0.05, 0) is 92.8 Å². The van der Waals surface area contributed by atoms with Gasteiger partial charge >= 0.3 is 12.4 Å². The highest BCUT2D eigenvalue weighted by molar-refractivity contribution is 5.90. The van der Waals surface area contributed by atoms with Gasteiger partial charge in [-0.3, -0.25) is 0 Å². The molecule has 0 radical (unpaired) electrons. The first-order chi connectivity index (χ1) is 14.7. The van der Waals surface area contributed by atoms with Gasteiger partial charge in [0.05, 0.1) is 0 Å². The van der Waals surface area contributed by atoms with E-state index < -0.39 is 35.0 Å². The molecule has 4 fully saturated rings. The van der Waals surface area contributed by atoms with Crippen LogP contribution in [0.5, 0.6) is 0 Å². The molecule has 0 saturated heterocycles. The lowest BCUT2D eigenvalue weighted by molar-refractivity contribution is -0.282. The highest BCUT2D eigenvalue weighted by Gasteiger charge is 2.63. The predicted molar refractivity (Wildman–Crippen MR) is 106 cm³/mol. The molecule has 7 unspecified atom stereocenters. The molecule has 0 amide bonds. The van der Waals surface area contributed by atoms with E-state index in [4.69, 9.17) is 10.6 Å². The van der Waals surface area contributed by atoms with Crippen LogP contribution < -0.4 is 5.48 Å². The van der Waals surface area contributed by atoms with Crippen LogP contribution in [-0.4, -0.2) is 41.0 Å². The van der Waals surface area contributed by atoms with E-state index in [9.17, 15) is 31.4 Å². The minimum Gasteiger partial charge on any atom is -0.380 e.